The number of hydrogen-bond donors (Lipinski definition) is 1. The standard InChI is InChI=1S/C18H19Cl2NO2/c1-12-10-13(6-9-17(12)23-2)4-3-5-18(22)21-16-11-14(19)7-8-15(16)20/h6-11H,3-5H2,1-2H3,(H,21,22). The Morgan fingerprint density at radius 1 is 1.17 bits per heavy atom. The van der Waals surface area contributed by atoms with E-state index in [0.29, 0.717) is 22.2 Å². The van der Waals surface area contributed by atoms with E-state index >= 15 is 0 Å². The van der Waals surface area contributed by atoms with E-state index in [1.165, 1.54) is 5.56 Å². The van der Waals surface area contributed by atoms with E-state index in [1.54, 1.807) is 25.3 Å². The van der Waals surface area contributed by atoms with Crippen molar-refractivity contribution in [1.29, 1.82) is 0 Å². The first-order valence-electron chi connectivity index (χ1n) is 7.38. The summed E-state index contributed by atoms with van der Waals surface area (Å²) < 4.78 is 5.24. The van der Waals surface area contributed by atoms with Gasteiger partial charge in [-0.3, -0.25) is 4.79 Å². The van der Waals surface area contributed by atoms with Crippen molar-refractivity contribution >= 4 is 34.8 Å². The average molecular weight is 352 g/mol. The zero-order valence-corrected chi connectivity index (χ0v) is 14.7. The number of benzene rings is 2. The number of aryl methyl sites for hydroxylation is 2. The second kappa shape index (κ2) is 8.23. The molecule has 0 bridgehead atoms. The summed E-state index contributed by atoms with van der Waals surface area (Å²) in [6, 6.07) is 11.1. The Bertz CT molecular complexity index is 701. The van der Waals surface area contributed by atoms with Gasteiger partial charge in [0.05, 0.1) is 17.8 Å². The van der Waals surface area contributed by atoms with Crippen LogP contribution in [-0.4, -0.2) is 13.0 Å². The van der Waals surface area contributed by atoms with Gasteiger partial charge in [0.1, 0.15) is 5.75 Å². The maximum absolute atomic E-state index is 12.0. The zero-order valence-electron chi connectivity index (χ0n) is 13.2. The van der Waals surface area contributed by atoms with Gasteiger partial charge in [-0.25, -0.2) is 0 Å². The molecular formula is C18H19Cl2NO2. The minimum Gasteiger partial charge on any atom is -0.496 e. The second-order valence-corrected chi connectivity index (χ2v) is 6.17. The highest BCUT2D eigenvalue weighted by Crippen LogP contribution is 2.25. The molecule has 0 radical (unpaired) electrons. The molecule has 2 aromatic rings. The lowest BCUT2D eigenvalue weighted by atomic mass is 10.0. The normalized spacial score (nSPS) is 10.4. The Labute approximate surface area is 146 Å². The highest BCUT2D eigenvalue weighted by Gasteiger charge is 2.07. The number of halogens is 2. The van der Waals surface area contributed by atoms with Crippen LogP contribution in [0.1, 0.15) is 24.0 Å². The minimum atomic E-state index is -0.0700. The smallest absolute Gasteiger partial charge is 0.224 e. The lowest BCUT2D eigenvalue weighted by Gasteiger charge is -2.09. The summed E-state index contributed by atoms with van der Waals surface area (Å²) >= 11 is 11.9. The molecule has 0 atom stereocenters. The second-order valence-electron chi connectivity index (χ2n) is 5.33. The van der Waals surface area contributed by atoms with Crippen molar-refractivity contribution in [2.75, 3.05) is 12.4 Å². The summed E-state index contributed by atoms with van der Waals surface area (Å²) in [5.41, 5.74) is 2.83. The van der Waals surface area contributed by atoms with Crippen LogP contribution in [0.4, 0.5) is 5.69 Å². The van der Waals surface area contributed by atoms with Crippen LogP contribution in [-0.2, 0) is 11.2 Å². The summed E-state index contributed by atoms with van der Waals surface area (Å²) in [6.07, 6.45) is 2.02. The van der Waals surface area contributed by atoms with Crippen molar-refractivity contribution in [1.82, 2.24) is 0 Å². The molecule has 0 aromatic heterocycles. The van der Waals surface area contributed by atoms with Gasteiger partial charge in [-0.1, -0.05) is 35.3 Å². The van der Waals surface area contributed by atoms with E-state index in [9.17, 15) is 4.79 Å². The van der Waals surface area contributed by atoms with Crippen LogP contribution in [0.3, 0.4) is 0 Å². The van der Waals surface area contributed by atoms with Crippen molar-refractivity contribution in [3.8, 4) is 5.75 Å². The van der Waals surface area contributed by atoms with E-state index in [4.69, 9.17) is 27.9 Å². The number of anilines is 1. The minimum absolute atomic E-state index is 0.0700. The van der Waals surface area contributed by atoms with Gasteiger partial charge in [0.2, 0.25) is 5.91 Å². The summed E-state index contributed by atoms with van der Waals surface area (Å²) in [7, 11) is 1.66. The van der Waals surface area contributed by atoms with Gasteiger partial charge in [0, 0.05) is 11.4 Å². The monoisotopic (exact) mass is 351 g/mol. The van der Waals surface area contributed by atoms with Crippen LogP contribution in [0, 0.1) is 6.92 Å². The van der Waals surface area contributed by atoms with Crippen LogP contribution in [0.25, 0.3) is 0 Å². The van der Waals surface area contributed by atoms with Crippen molar-refractivity contribution in [3.63, 3.8) is 0 Å². The first-order chi connectivity index (χ1) is 11.0. The van der Waals surface area contributed by atoms with Gasteiger partial charge in [-0.15, -0.1) is 0 Å². The predicted molar refractivity (Wildman–Crippen MR) is 95.8 cm³/mol. The molecule has 1 amide bonds. The molecule has 0 aliphatic rings. The molecule has 23 heavy (non-hydrogen) atoms. The molecule has 0 aliphatic heterocycles. The lowest BCUT2D eigenvalue weighted by molar-refractivity contribution is -0.116. The fourth-order valence-corrected chi connectivity index (χ4v) is 2.69. The van der Waals surface area contributed by atoms with E-state index in [0.717, 1.165) is 24.2 Å². The Morgan fingerprint density at radius 3 is 2.65 bits per heavy atom. The van der Waals surface area contributed by atoms with Crippen LogP contribution < -0.4 is 10.1 Å². The number of amides is 1. The third-order valence-corrected chi connectivity index (χ3v) is 4.10. The average Bonchev–Trinajstić information content (AvgIpc) is 2.51. The SMILES string of the molecule is COc1ccc(CCCC(=O)Nc2cc(Cl)ccc2Cl)cc1C. The molecule has 0 spiro atoms. The van der Waals surface area contributed by atoms with Crippen LogP contribution in [0.5, 0.6) is 5.75 Å². The molecule has 0 fully saturated rings. The molecule has 0 aliphatic carbocycles. The number of ether oxygens (including phenoxy) is 1. The number of nitrogens with one attached hydrogen (secondary N) is 1. The maximum Gasteiger partial charge on any atom is 0.224 e. The highest BCUT2D eigenvalue weighted by molar-refractivity contribution is 6.35. The molecule has 0 saturated carbocycles. The third-order valence-electron chi connectivity index (χ3n) is 3.53. The van der Waals surface area contributed by atoms with Crippen molar-refractivity contribution in [2.45, 2.75) is 26.2 Å². The van der Waals surface area contributed by atoms with E-state index in [-0.39, 0.29) is 5.91 Å². The Balaban J connectivity index is 1.85. The predicted octanol–water partition coefficient (Wildman–Crippen LogP) is 5.27. The largest absolute Gasteiger partial charge is 0.496 e. The van der Waals surface area contributed by atoms with E-state index in [1.807, 2.05) is 19.1 Å². The van der Waals surface area contributed by atoms with Crippen LogP contribution >= 0.6 is 23.2 Å². The first-order valence-corrected chi connectivity index (χ1v) is 8.13. The summed E-state index contributed by atoms with van der Waals surface area (Å²) in [6.45, 7) is 2.01. The van der Waals surface area contributed by atoms with Gasteiger partial charge in [0.25, 0.3) is 0 Å². The summed E-state index contributed by atoms with van der Waals surface area (Å²) in [5, 5.41) is 3.81. The quantitative estimate of drug-likeness (QED) is 0.769. The van der Waals surface area contributed by atoms with Gasteiger partial charge in [-0.05, 0) is 55.2 Å². The van der Waals surface area contributed by atoms with Crippen LogP contribution in [0.15, 0.2) is 36.4 Å². The Kier molecular flexibility index (Phi) is 6.31. The molecule has 122 valence electrons. The Morgan fingerprint density at radius 2 is 1.96 bits per heavy atom. The molecule has 5 heteroatoms. The molecule has 0 heterocycles. The van der Waals surface area contributed by atoms with Crippen molar-refractivity contribution < 1.29 is 9.53 Å². The fourth-order valence-electron chi connectivity index (χ4n) is 2.36. The lowest BCUT2D eigenvalue weighted by Crippen LogP contribution is -2.11. The topological polar surface area (TPSA) is 38.3 Å². The van der Waals surface area contributed by atoms with Gasteiger partial charge < -0.3 is 10.1 Å². The first kappa shape index (κ1) is 17.6. The van der Waals surface area contributed by atoms with E-state index < -0.39 is 0 Å². The fraction of sp³-hybridized carbons (Fsp3) is 0.278. The maximum atomic E-state index is 12.0. The van der Waals surface area contributed by atoms with E-state index in [2.05, 4.69) is 11.4 Å². The number of methoxy groups -OCH3 is 1. The van der Waals surface area contributed by atoms with Crippen molar-refractivity contribution in [3.05, 3.63) is 57.6 Å². The summed E-state index contributed by atoms with van der Waals surface area (Å²) in [4.78, 5) is 12.0. The molecule has 2 rings (SSSR count). The number of rotatable bonds is 6. The molecule has 1 N–H and O–H groups in total. The van der Waals surface area contributed by atoms with Gasteiger partial charge in [0.15, 0.2) is 0 Å². The zero-order chi connectivity index (χ0) is 16.8. The Hall–Kier alpha value is -1.71. The van der Waals surface area contributed by atoms with Crippen LogP contribution in [0.2, 0.25) is 10.0 Å². The molecule has 3 nitrogen and oxygen atoms in total. The highest BCUT2D eigenvalue weighted by atomic mass is 35.5. The van der Waals surface area contributed by atoms with Gasteiger partial charge in [-0.2, -0.15) is 0 Å². The molecule has 0 unspecified atom stereocenters. The molecule has 0 saturated heterocycles. The van der Waals surface area contributed by atoms with Gasteiger partial charge >= 0.3 is 0 Å². The number of carbonyl (C=O) groups excluding carboxylic acids is 1. The molecule has 2 aromatic carbocycles. The number of hydrogen-bond acceptors (Lipinski definition) is 2. The number of carbonyl (C=O) groups is 1. The van der Waals surface area contributed by atoms with Crippen molar-refractivity contribution in [2.24, 2.45) is 0 Å². The molecular weight excluding hydrogens is 333 g/mol. The third kappa shape index (κ3) is 5.15. The summed E-state index contributed by atoms with van der Waals surface area (Å²) in [5.74, 6) is 0.807.